The first-order chi connectivity index (χ1) is 11.5. The van der Waals surface area contributed by atoms with Gasteiger partial charge in [0.25, 0.3) is 5.91 Å². The van der Waals surface area contributed by atoms with E-state index in [9.17, 15) is 13.6 Å². The second kappa shape index (κ2) is 6.84. The van der Waals surface area contributed by atoms with Gasteiger partial charge in [0.05, 0.1) is 0 Å². The lowest BCUT2D eigenvalue weighted by Crippen LogP contribution is -2.86. The van der Waals surface area contributed by atoms with Gasteiger partial charge in [0.1, 0.15) is 17.7 Å². The van der Waals surface area contributed by atoms with Crippen molar-refractivity contribution in [1.29, 1.82) is 0 Å². The van der Waals surface area contributed by atoms with E-state index in [4.69, 9.17) is 9.47 Å². The monoisotopic (exact) mass is 335 g/mol. The normalized spacial score (nSPS) is 13.6. The molecule has 126 valence electrons. The zero-order chi connectivity index (χ0) is 17.1. The lowest BCUT2D eigenvalue weighted by Gasteiger charge is -2.12. The van der Waals surface area contributed by atoms with Crippen LogP contribution in [0.25, 0.3) is 0 Å². The van der Waals surface area contributed by atoms with Gasteiger partial charge in [-0.3, -0.25) is 4.79 Å². The van der Waals surface area contributed by atoms with Crippen LogP contribution in [0.3, 0.4) is 0 Å². The summed E-state index contributed by atoms with van der Waals surface area (Å²) in [5.41, 5.74) is 0.950. The number of ether oxygens (including phenoxy) is 2. The Morgan fingerprint density at radius 3 is 2.79 bits per heavy atom. The van der Waals surface area contributed by atoms with E-state index in [0.29, 0.717) is 22.7 Å². The Morgan fingerprint density at radius 1 is 1.21 bits per heavy atom. The van der Waals surface area contributed by atoms with E-state index in [2.05, 4.69) is 5.32 Å². The number of carbonyl (C=O) groups is 1. The topological polar surface area (TPSA) is 64.2 Å². The summed E-state index contributed by atoms with van der Waals surface area (Å²) < 4.78 is 37.1. The molecular formula is C17H17F2N2O3+. The quantitative estimate of drug-likeness (QED) is 0.878. The molecule has 1 aliphatic heterocycles. The van der Waals surface area contributed by atoms with Crippen molar-refractivity contribution in [1.82, 2.24) is 0 Å². The zero-order valence-corrected chi connectivity index (χ0v) is 13.0. The van der Waals surface area contributed by atoms with Crippen LogP contribution < -0.4 is 20.1 Å². The molecule has 1 aliphatic rings. The van der Waals surface area contributed by atoms with Crippen LogP contribution in [0.5, 0.6) is 11.5 Å². The van der Waals surface area contributed by atoms with Gasteiger partial charge < -0.3 is 20.1 Å². The van der Waals surface area contributed by atoms with Crippen molar-refractivity contribution in [3.8, 4) is 11.5 Å². The molecule has 0 aliphatic carbocycles. The second-order valence-electron chi connectivity index (χ2n) is 5.51. The molecule has 0 spiro atoms. The summed E-state index contributed by atoms with van der Waals surface area (Å²) in [6.45, 7) is 2.03. The Hall–Kier alpha value is -2.67. The number of anilines is 1. The third-order valence-electron chi connectivity index (χ3n) is 3.77. The van der Waals surface area contributed by atoms with Crippen LogP contribution in [0.2, 0.25) is 0 Å². The van der Waals surface area contributed by atoms with Crippen LogP contribution in [0.15, 0.2) is 36.4 Å². The van der Waals surface area contributed by atoms with Crippen LogP contribution in [-0.4, -0.2) is 19.2 Å². The molecule has 3 rings (SSSR count). The van der Waals surface area contributed by atoms with Crippen molar-refractivity contribution < 1.29 is 28.4 Å². The molecule has 3 N–H and O–H groups in total. The van der Waals surface area contributed by atoms with Crippen molar-refractivity contribution in [3.05, 3.63) is 53.6 Å². The largest absolute Gasteiger partial charge is 0.454 e. The van der Waals surface area contributed by atoms with Crippen molar-refractivity contribution in [3.63, 3.8) is 0 Å². The molecule has 0 unspecified atom stereocenters. The van der Waals surface area contributed by atoms with Gasteiger partial charge in [-0.05, 0) is 31.2 Å². The zero-order valence-electron chi connectivity index (χ0n) is 13.0. The third kappa shape index (κ3) is 3.62. The Kier molecular flexibility index (Phi) is 4.61. The van der Waals surface area contributed by atoms with Gasteiger partial charge >= 0.3 is 0 Å². The smallest absolute Gasteiger partial charge is 0.279 e. The van der Waals surface area contributed by atoms with Gasteiger partial charge in [-0.1, -0.05) is 0 Å². The Morgan fingerprint density at radius 2 is 2.00 bits per heavy atom. The molecule has 5 nitrogen and oxygen atoms in total. The number of rotatable bonds is 5. The van der Waals surface area contributed by atoms with Gasteiger partial charge in [0.15, 0.2) is 18.0 Å². The molecule has 2 aromatic carbocycles. The van der Waals surface area contributed by atoms with Crippen molar-refractivity contribution in [2.24, 2.45) is 0 Å². The summed E-state index contributed by atoms with van der Waals surface area (Å²) in [4.78, 5) is 12.0. The van der Waals surface area contributed by atoms with E-state index in [1.165, 1.54) is 12.1 Å². The number of nitrogens with two attached hydrogens (primary N) is 1. The maximum atomic E-state index is 13.7. The minimum absolute atomic E-state index is 0.104. The number of amides is 1. The molecule has 24 heavy (non-hydrogen) atoms. The van der Waals surface area contributed by atoms with Gasteiger partial charge in [0.2, 0.25) is 6.79 Å². The highest BCUT2D eigenvalue weighted by Crippen LogP contribution is 2.34. The number of hydrogen-bond donors (Lipinski definition) is 2. The maximum Gasteiger partial charge on any atom is 0.279 e. The first kappa shape index (κ1) is 16.2. The highest BCUT2D eigenvalue weighted by atomic mass is 19.1. The molecule has 1 atom stereocenters. The molecular weight excluding hydrogens is 318 g/mol. The third-order valence-corrected chi connectivity index (χ3v) is 3.77. The molecule has 7 heteroatoms. The molecule has 0 saturated carbocycles. The van der Waals surface area contributed by atoms with E-state index >= 15 is 0 Å². The highest BCUT2D eigenvalue weighted by Gasteiger charge is 2.17. The Labute approximate surface area is 137 Å². The van der Waals surface area contributed by atoms with Crippen LogP contribution >= 0.6 is 0 Å². The fourth-order valence-electron chi connectivity index (χ4n) is 2.47. The Balaban J connectivity index is 1.55. The molecule has 1 heterocycles. The fraction of sp³-hybridized carbons (Fsp3) is 0.235. The van der Waals surface area contributed by atoms with Crippen LogP contribution in [0, 0.1) is 11.6 Å². The molecule has 2 aromatic rings. The molecule has 1 amide bonds. The molecule has 0 saturated heterocycles. The summed E-state index contributed by atoms with van der Waals surface area (Å²) in [6.07, 6.45) is 0. The fourth-order valence-corrected chi connectivity index (χ4v) is 2.47. The van der Waals surface area contributed by atoms with Crippen molar-refractivity contribution >= 4 is 11.6 Å². The minimum Gasteiger partial charge on any atom is -0.454 e. The van der Waals surface area contributed by atoms with Gasteiger partial charge in [-0.15, -0.1) is 0 Å². The summed E-state index contributed by atoms with van der Waals surface area (Å²) in [7, 11) is 0. The summed E-state index contributed by atoms with van der Waals surface area (Å²) in [5.74, 6) is -0.249. The maximum absolute atomic E-state index is 13.7. The van der Waals surface area contributed by atoms with E-state index in [1.807, 2.05) is 0 Å². The number of hydrogen-bond acceptors (Lipinski definition) is 3. The Bertz CT molecular complexity index is 767. The van der Waals surface area contributed by atoms with Gasteiger partial charge in [0, 0.05) is 23.4 Å². The predicted molar refractivity (Wildman–Crippen MR) is 82.8 cm³/mol. The first-order valence-electron chi connectivity index (χ1n) is 7.50. The van der Waals surface area contributed by atoms with Crippen LogP contribution in [0.1, 0.15) is 18.5 Å². The number of benzene rings is 2. The number of halogens is 2. The molecule has 0 aromatic heterocycles. The second-order valence-corrected chi connectivity index (χ2v) is 5.51. The van der Waals surface area contributed by atoms with Gasteiger partial charge in [-0.25, -0.2) is 8.78 Å². The number of fused-ring (bicyclic) bond motifs is 1. The number of quaternary nitrogens is 1. The summed E-state index contributed by atoms with van der Waals surface area (Å²) >= 11 is 0. The van der Waals surface area contributed by atoms with Crippen molar-refractivity contribution in [2.45, 2.75) is 13.0 Å². The lowest BCUT2D eigenvalue weighted by atomic mass is 10.1. The van der Waals surface area contributed by atoms with E-state index in [-0.39, 0.29) is 25.3 Å². The van der Waals surface area contributed by atoms with Crippen LogP contribution in [-0.2, 0) is 4.79 Å². The van der Waals surface area contributed by atoms with Crippen LogP contribution in [0.4, 0.5) is 14.5 Å². The molecule has 0 bridgehead atoms. The predicted octanol–water partition coefficient (Wildman–Crippen LogP) is 1.96. The first-order valence-corrected chi connectivity index (χ1v) is 7.50. The number of carbonyl (C=O) groups excluding carboxylic acids is 1. The SMILES string of the molecule is C[C@H]([NH2+]CC(=O)Nc1ccc2c(c1)OCO2)c1ccc(F)cc1F. The van der Waals surface area contributed by atoms with E-state index < -0.39 is 11.6 Å². The van der Waals surface area contributed by atoms with E-state index in [0.717, 1.165) is 6.07 Å². The number of nitrogens with one attached hydrogen (secondary N) is 1. The standard InChI is InChI=1S/C17H16F2N2O3/c1-10(13-4-2-11(18)6-14(13)19)20-8-17(22)21-12-3-5-15-16(7-12)24-9-23-15/h2-7,10,20H,8-9H2,1H3,(H,21,22)/p+1/t10-/m0/s1. The average Bonchev–Trinajstić information content (AvgIpc) is 3.00. The summed E-state index contributed by atoms with van der Waals surface area (Å²) in [5, 5.41) is 4.42. The summed E-state index contributed by atoms with van der Waals surface area (Å²) in [6, 6.07) is 8.24. The highest BCUT2D eigenvalue weighted by molar-refractivity contribution is 5.91. The average molecular weight is 335 g/mol. The van der Waals surface area contributed by atoms with Gasteiger partial charge in [-0.2, -0.15) is 0 Å². The molecule has 0 radical (unpaired) electrons. The minimum atomic E-state index is -0.621. The van der Waals surface area contributed by atoms with Crippen molar-refractivity contribution in [2.75, 3.05) is 18.7 Å². The lowest BCUT2D eigenvalue weighted by molar-refractivity contribution is -0.682. The van der Waals surface area contributed by atoms with E-state index in [1.54, 1.807) is 30.4 Å². The molecule has 0 fully saturated rings.